The number of benzene rings is 4. The van der Waals surface area contributed by atoms with Gasteiger partial charge < -0.3 is 25.4 Å². The Morgan fingerprint density at radius 3 is 1.33 bits per heavy atom. The van der Waals surface area contributed by atoms with Crippen molar-refractivity contribution in [2.45, 2.75) is 51.4 Å². The molecular weight excluding hydrogens is 653 g/mol. The van der Waals surface area contributed by atoms with Crippen LogP contribution in [0.2, 0.25) is 10.0 Å². The fourth-order valence-electron chi connectivity index (χ4n) is 6.44. The maximum absolute atomic E-state index is 6.27. The Balaban J connectivity index is 0.864. The average Bonchev–Trinajstić information content (AvgIpc) is 3.11. The number of rotatable bonds is 18. The summed E-state index contributed by atoms with van der Waals surface area (Å²) in [5.41, 5.74) is 5.85. The molecule has 0 bridgehead atoms. The number of ether oxygens (including phenoxy) is 2. The van der Waals surface area contributed by atoms with Gasteiger partial charge in [0, 0.05) is 44.7 Å². The van der Waals surface area contributed by atoms with Gasteiger partial charge in [0.05, 0.1) is 47.7 Å². The topological polar surface area (TPSA) is 80.3 Å². The molecule has 9 heteroatoms. The molecule has 0 saturated heterocycles. The number of pyridine rings is 2. The molecule has 2 aromatic heterocycles. The lowest BCUT2D eigenvalue weighted by Crippen LogP contribution is -2.16. The van der Waals surface area contributed by atoms with Crippen molar-refractivity contribution in [1.29, 1.82) is 0 Å². The average molecular weight is 699 g/mol. The zero-order valence-corrected chi connectivity index (χ0v) is 29.9. The van der Waals surface area contributed by atoms with Crippen LogP contribution in [0.1, 0.15) is 51.4 Å². The lowest BCUT2D eigenvalue weighted by atomic mass is 10.1. The van der Waals surface area contributed by atoms with Crippen LogP contribution in [0.15, 0.2) is 72.8 Å². The van der Waals surface area contributed by atoms with E-state index in [1.165, 1.54) is 38.5 Å². The fourth-order valence-corrected chi connectivity index (χ4v) is 6.77. The number of methoxy groups -OCH3 is 2. The highest BCUT2D eigenvalue weighted by Gasteiger charge is 2.12. The molecule has 0 fully saturated rings. The molecule has 6 aromatic rings. The van der Waals surface area contributed by atoms with Gasteiger partial charge in [0.25, 0.3) is 0 Å². The van der Waals surface area contributed by atoms with Crippen molar-refractivity contribution in [3.63, 3.8) is 0 Å². The quantitative estimate of drug-likeness (QED) is 0.0609. The van der Waals surface area contributed by atoms with Crippen molar-refractivity contribution in [2.75, 3.05) is 51.0 Å². The summed E-state index contributed by atoms with van der Waals surface area (Å²) in [5, 5.41) is 16.7. The summed E-state index contributed by atoms with van der Waals surface area (Å²) in [4.78, 5) is 9.66. The van der Waals surface area contributed by atoms with Crippen molar-refractivity contribution in [3.8, 4) is 11.5 Å². The lowest BCUT2D eigenvalue weighted by molar-refractivity contribution is 0.415. The first-order chi connectivity index (χ1) is 24.0. The SMILES string of the molecule is COc1ccc2nc3cc(Cl)ccc3c(NCCCCCCNCCCCCCNc3c4ccc(Cl)cc4nc4ccc(OC)cc34)c2c1. The van der Waals surface area contributed by atoms with Crippen LogP contribution in [0.3, 0.4) is 0 Å². The maximum Gasteiger partial charge on any atom is 0.119 e. The molecular formula is C40H45Cl2N5O2. The van der Waals surface area contributed by atoms with Gasteiger partial charge in [-0.3, -0.25) is 0 Å². The van der Waals surface area contributed by atoms with E-state index in [9.17, 15) is 0 Å². The Bertz CT molecular complexity index is 1890. The molecule has 3 N–H and O–H groups in total. The summed E-state index contributed by atoms with van der Waals surface area (Å²) in [6.45, 7) is 3.97. The first-order valence-electron chi connectivity index (χ1n) is 17.4. The predicted octanol–water partition coefficient (Wildman–Crippen LogP) is 10.6. The molecule has 7 nitrogen and oxygen atoms in total. The molecule has 6 rings (SSSR count). The summed E-state index contributed by atoms with van der Waals surface area (Å²) in [6.07, 6.45) is 9.46. The van der Waals surface area contributed by atoms with Gasteiger partial charge in [-0.15, -0.1) is 0 Å². The summed E-state index contributed by atoms with van der Waals surface area (Å²) in [5.74, 6) is 1.65. The largest absolute Gasteiger partial charge is 0.497 e. The van der Waals surface area contributed by atoms with Gasteiger partial charge >= 0.3 is 0 Å². The monoisotopic (exact) mass is 697 g/mol. The molecule has 0 aliphatic rings. The maximum atomic E-state index is 6.27. The molecule has 256 valence electrons. The normalized spacial score (nSPS) is 11.5. The van der Waals surface area contributed by atoms with Gasteiger partial charge in [-0.1, -0.05) is 48.9 Å². The van der Waals surface area contributed by atoms with Gasteiger partial charge in [-0.2, -0.15) is 0 Å². The minimum absolute atomic E-state index is 0.693. The Morgan fingerprint density at radius 1 is 0.469 bits per heavy atom. The summed E-state index contributed by atoms with van der Waals surface area (Å²) < 4.78 is 11.0. The van der Waals surface area contributed by atoms with Crippen molar-refractivity contribution in [1.82, 2.24) is 15.3 Å². The van der Waals surface area contributed by atoms with E-state index in [0.717, 1.165) is 106 Å². The number of unbranched alkanes of at least 4 members (excludes halogenated alkanes) is 6. The van der Waals surface area contributed by atoms with Crippen molar-refractivity contribution < 1.29 is 9.47 Å². The van der Waals surface area contributed by atoms with Gasteiger partial charge in [0.2, 0.25) is 0 Å². The number of fused-ring (bicyclic) bond motifs is 4. The third-order valence-electron chi connectivity index (χ3n) is 9.05. The number of hydrogen-bond donors (Lipinski definition) is 3. The van der Waals surface area contributed by atoms with Crippen LogP contribution >= 0.6 is 23.2 Å². The van der Waals surface area contributed by atoms with Crippen molar-refractivity contribution in [2.24, 2.45) is 0 Å². The van der Waals surface area contributed by atoms with Gasteiger partial charge in [-0.25, -0.2) is 9.97 Å². The first-order valence-corrected chi connectivity index (χ1v) is 18.1. The molecule has 0 radical (unpaired) electrons. The molecule has 0 amide bonds. The van der Waals surface area contributed by atoms with Gasteiger partial charge in [0.1, 0.15) is 11.5 Å². The van der Waals surface area contributed by atoms with E-state index < -0.39 is 0 Å². The zero-order chi connectivity index (χ0) is 34.0. The second kappa shape index (κ2) is 17.1. The second-order valence-electron chi connectivity index (χ2n) is 12.5. The Hall–Kier alpha value is -4.04. The van der Waals surface area contributed by atoms with E-state index in [0.29, 0.717) is 10.0 Å². The molecule has 2 heterocycles. The van der Waals surface area contributed by atoms with E-state index >= 15 is 0 Å². The van der Waals surface area contributed by atoms with E-state index in [1.54, 1.807) is 14.2 Å². The van der Waals surface area contributed by atoms with E-state index in [1.807, 2.05) is 48.5 Å². The van der Waals surface area contributed by atoms with Crippen LogP contribution in [0.25, 0.3) is 43.6 Å². The third kappa shape index (κ3) is 8.77. The van der Waals surface area contributed by atoms with Crippen LogP contribution in [0.5, 0.6) is 11.5 Å². The standard InChI is InChI=1S/C40H45Cl2N5O2/c1-48-29-13-17-35-33(25-29)39(31-15-11-27(41)23-37(31)46-35)44-21-9-5-3-7-19-43-20-8-4-6-10-22-45-40-32-16-12-28(42)24-38(32)47-36-18-14-30(49-2)26-34(36)40/h11-18,23-26,43H,3-10,19-22H2,1-2H3,(H,44,46)(H,45,47). The number of aromatic nitrogens is 2. The fraction of sp³-hybridized carbons (Fsp3) is 0.350. The highest BCUT2D eigenvalue weighted by molar-refractivity contribution is 6.32. The molecule has 0 atom stereocenters. The molecule has 0 spiro atoms. The van der Waals surface area contributed by atoms with Crippen LogP contribution in [0.4, 0.5) is 11.4 Å². The van der Waals surface area contributed by atoms with Crippen LogP contribution in [0, 0.1) is 0 Å². The van der Waals surface area contributed by atoms with Gasteiger partial charge in [0.15, 0.2) is 0 Å². The Morgan fingerprint density at radius 2 is 0.898 bits per heavy atom. The number of anilines is 2. The summed E-state index contributed by atoms with van der Waals surface area (Å²) in [7, 11) is 3.39. The minimum atomic E-state index is 0.693. The predicted molar refractivity (Wildman–Crippen MR) is 208 cm³/mol. The Labute approximate surface area is 298 Å². The third-order valence-corrected chi connectivity index (χ3v) is 9.52. The van der Waals surface area contributed by atoms with Crippen molar-refractivity contribution >= 4 is 78.2 Å². The number of nitrogens with zero attached hydrogens (tertiary/aromatic N) is 2. The highest BCUT2D eigenvalue weighted by Crippen LogP contribution is 2.35. The van der Waals surface area contributed by atoms with Gasteiger partial charge in [-0.05, 0) is 112 Å². The highest BCUT2D eigenvalue weighted by atomic mass is 35.5. The van der Waals surface area contributed by atoms with Crippen LogP contribution in [-0.4, -0.2) is 50.4 Å². The smallest absolute Gasteiger partial charge is 0.119 e. The first kappa shape index (κ1) is 34.8. The lowest BCUT2D eigenvalue weighted by Gasteiger charge is -2.14. The summed E-state index contributed by atoms with van der Waals surface area (Å²) >= 11 is 12.5. The van der Waals surface area contributed by atoms with Crippen molar-refractivity contribution in [3.05, 3.63) is 82.8 Å². The molecule has 49 heavy (non-hydrogen) atoms. The molecule has 0 saturated carbocycles. The zero-order valence-electron chi connectivity index (χ0n) is 28.4. The van der Waals surface area contributed by atoms with Crippen LogP contribution in [-0.2, 0) is 0 Å². The summed E-state index contributed by atoms with van der Waals surface area (Å²) in [6, 6.07) is 23.8. The van der Waals surface area contributed by atoms with E-state index in [-0.39, 0.29) is 0 Å². The number of halogens is 2. The van der Waals surface area contributed by atoms with E-state index in [2.05, 4.69) is 40.2 Å². The van der Waals surface area contributed by atoms with Crippen LogP contribution < -0.4 is 25.4 Å². The minimum Gasteiger partial charge on any atom is -0.497 e. The number of hydrogen-bond acceptors (Lipinski definition) is 7. The molecule has 0 aliphatic heterocycles. The number of nitrogens with one attached hydrogen (secondary N) is 3. The molecule has 4 aromatic carbocycles. The molecule has 0 aliphatic carbocycles. The molecule has 0 unspecified atom stereocenters. The van der Waals surface area contributed by atoms with E-state index in [4.69, 9.17) is 42.6 Å². The Kier molecular flexibility index (Phi) is 12.1. The second-order valence-corrected chi connectivity index (χ2v) is 13.4.